The second-order valence-corrected chi connectivity index (χ2v) is 7.68. The Morgan fingerprint density at radius 1 is 0.733 bits per heavy atom. The Balaban J connectivity index is 2.42. The van der Waals surface area contributed by atoms with Crippen molar-refractivity contribution in [2.45, 2.75) is 38.8 Å². The van der Waals surface area contributed by atoms with E-state index in [2.05, 4.69) is 0 Å². The molecule has 0 aromatic heterocycles. The Morgan fingerprint density at radius 3 is 1.73 bits per heavy atom. The monoisotopic (exact) mass is 413 g/mol. The number of hydroxylamine groups is 1. The molecule has 2 rings (SSSR count). The Bertz CT molecular complexity index is 903. The van der Waals surface area contributed by atoms with Gasteiger partial charge in [-0.3, -0.25) is 9.63 Å². The molecule has 2 aromatic carbocycles. The van der Waals surface area contributed by atoms with Gasteiger partial charge in [0.2, 0.25) is 0 Å². The third kappa shape index (κ3) is 4.86. The molecule has 0 saturated carbocycles. The summed E-state index contributed by atoms with van der Waals surface area (Å²) in [5.41, 5.74) is -1.14. The Hall–Kier alpha value is -3.19. The number of esters is 2. The molecule has 0 fully saturated rings. The van der Waals surface area contributed by atoms with E-state index >= 15 is 0 Å². The first kappa shape index (κ1) is 23.1. The number of carbonyl (C=O) groups excluding carboxylic acids is 3. The Morgan fingerprint density at radius 2 is 1.23 bits per heavy atom. The van der Waals surface area contributed by atoms with Crippen LogP contribution < -0.4 is 5.06 Å². The number of ketones is 1. The van der Waals surface area contributed by atoms with Crippen LogP contribution in [0.25, 0.3) is 0 Å². The van der Waals surface area contributed by atoms with Gasteiger partial charge in [0.05, 0.1) is 19.9 Å². The van der Waals surface area contributed by atoms with Crippen LogP contribution in [0.5, 0.6) is 0 Å². The molecule has 0 saturated heterocycles. The fourth-order valence-corrected chi connectivity index (χ4v) is 2.84. The van der Waals surface area contributed by atoms with Gasteiger partial charge in [-0.05, 0) is 52.0 Å². The number of ether oxygens (including phenoxy) is 2. The molecule has 0 bridgehead atoms. The van der Waals surface area contributed by atoms with Crippen molar-refractivity contribution in [1.29, 1.82) is 0 Å². The van der Waals surface area contributed by atoms with Crippen LogP contribution in [-0.2, 0) is 23.9 Å². The summed E-state index contributed by atoms with van der Waals surface area (Å²) in [4.78, 5) is 43.1. The second kappa shape index (κ2) is 9.09. The summed E-state index contributed by atoms with van der Waals surface area (Å²) in [6, 6.07) is 15.5. The van der Waals surface area contributed by atoms with E-state index < -0.39 is 23.1 Å². The maximum Gasteiger partial charge on any atom is 0.340 e. The summed E-state index contributed by atoms with van der Waals surface area (Å²) in [5.74, 6) is -1.30. The normalized spacial score (nSPS) is 11.5. The van der Waals surface area contributed by atoms with Crippen molar-refractivity contribution >= 4 is 23.4 Å². The highest BCUT2D eigenvalue weighted by atomic mass is 16.7. The lowest BCUT2D eigenvalue weighted by Gasteiger charge is -2.40. The van der Waals surface area contributed by atoms with Gasteiger partial charge in [-0.2, -0.15) is 0 Å². The van der Waals surface area contributed by atoms with E-state index in [9.17, 15) is 14.4 Å². The van der Waals surface area contributed by atoms with Crippen LogP contribution in [0.3, 0.4) is 0 Å². The molecule has 0 aliphatic carbocycles. The smallest absolute Gasteiger partial charge is 0.340 e. The molecule has 7 nitrogen and oxygen atoms in total. The average molecular weight is 413 g/mol. The molecule has 0 heterocycles. The van der Waals surface area contributed by atoms with Crippen LogP contribution in [0.2, 0.25) is 0 Å². The average Bonchev–Trinajstić information content (AvgIpc) is 2.76. The lowest BCUT2D eigenvalue weighted by Crippen LogP contribution is -2.55. The standard InChI is InChI=1S/C23H27NO6/c1-22(2,20(26)28-5)24(30-23(3,4)21(27)29-6)18-14-12-17(13-15-18)19(25)16-10-8-7-9-11-16/h7-15H,1-6H3. The van der Waals surface area contributed by atoms with E-state index in [-0.39, 0.29) is 5.78 Å². The molecule has 0 spiro atoms. The van der Waals surface area contributed by atoms with E-state index in [1.165, 1.54) is 33.1 Å². The third-order valence-electron chi connectivity index (χ3n) is 4.59. The quantitative estimate of drug-likeness (QED) is 0.372. The molecule has 0 N–H and O–H groups in total. The summed E-state index contributed by atoms with van der Waals surface area (Å²) in [6.45, 7) is 6.28. The van der Waals surface area contributed by atoms with E-state index in [0.29, 0.717) is 16.8 Å². The minimum absolute atomic E-state index is 0.128. The van der Waals surface area contributed by atoms with Gasteiger partial charge in [-0.25, -0.2) is 14.7 Å². The minimum atomic E-state index is -1.38. The predicted octanol–water partition coefficient (Wildman–Crippen LogP) is 3.56. The number of nitrogens with zero attached hydrogens (tertiary/aromatic N) is 1. The molecule has 2 aromatic rings. The van der Waals surface area contributed by atoms with Crippen molar-refractivity contribution in [2.24, 2.45) is 0 Å². The van der Waals surface area contributed by atoms with Gasteiger partial charge in [-0.1, -0.05) is 30.3 Å². The minimum Gasteiger partial charge on any atom is -0.467 e. The van der Waals surface area contributed by atoms with Gasteiger partial charge in [-0.15, -0.1) is 0 Å². The fourth-order valence-electron chi connectivity index (χ4n) is 2.84. The summed E-state index contributed by atoms with van der Waals surface area (Å²) in [7, 11) is 2.53. The maximum atomic E-state index is 12.7. The van der Waals surface area contributed by atoms with Crippen molar-refractivity contribution in [3.8, 4) is 0 Å². The highest BCUT2D eigenvalue weighted by molar-refractivity contribution is 6.09. The number of anilines is 1. The molecule has 0 atom stereocenters. The molecule has 0 radical (unpaired) electrons. The molecule has 0 aliphatic heterocycles. The number of rotatable bonds is 8. The number of hydrogen-bond donors (Lipinski definition) is 0. The first-order valence-corrected chi connectivity index (χ1v) is 9.40. The predicted molar refractivity (Wildman–Crippen MR) is 112 cm³/mol. The molecule has 7 heteroatoms. The van der Waals surface area contributed by atoms with Crippen LogP contribution in [0.15, 0.2) is 54.6 Å². The van der Waals surface area contributed by atoms with Crippen LogP contribution in [-0.4, -0.2) is 43.1 Å². The van der Waals surface area contributed by atoms with Gasteiger partial charge in [0.1, 0.15) is 0 Å². The fraction of sp³-hybridized carbons (Fsp3) is 0.348. The van der Waals surface area contributed by atoms with E-state index in [1.54, 1.807) is 62.4 Å². The SMILES string of the molecule is COC(=O)C(C)(C)ON(c1ccc(C(=O)c2ccccc2)cc1)C(C)(C)C(=O)OC. The second-order valence-electron chi connectivity index (χ2n) is 7.68. The van der Waals surface area contributed by atoms with Gasteiger partial charge < -0.3 is 9.47 Å². The molecule has 0 amide bonds. The van der Waals surface area contributed by atoms with Crippen molar-refractivity contribution in [2.75, 3.05) is 19.3 Å². The van der Waals surface area contributed by atoms with Crippen LogP contribution in [0.1, 0.15) is 43.6 Å². The molecular weight excluding hydrogens is 386 g/mol. The van der Waals surface area contributed by atoms with Gasteiger partial charge in [0, 0.05) is 11.1 Å². The lowest BCUT2D eigenvalue weighted by atomic mass is 10.0. The summed E-state index contributed by atoms with van der Waals surface area (Å²) in [6.07, 6.45) is 0. The first-order valence-electron chi connectivity index (χ1n) is 9.40. The Labute approximate surface area is 176 Å². The summed E-state index contributed by atoms with van der Waals surface area (Å²) >= 11 is 0. The largest absolute Gasteiger partial charge is 0.467 e. The van der Waals surface area contributed by atoms with Crippen molar-refractivity contribution in [3.63, 3.8) is 0 Å². The topological polar surface area (TPSA) is 82.1 Å². The van der Waals surface area contributed by atoms with E-state index in [1.807, 2.05) is 6.07 Å². The third-order valence-corrected chi connectivity index (χ3v) is 4.59. The van der Waals surface area contributed by atoms with Gasteiger partial charge in [0.25, 0.3) is 0 Å². The molecule has 30 heavy (non-hydrogen) atoms. The van der Waals surface area contributed by atoms with Crippen LogP contribution in [0, 0.1) is 0 Å². The van der Waals surface area contributed by atoms with Crippen molar-refractivity contribution in [3.05, 3.63) is 65.7 Å². The van der Waals surface area contributed by atoms with Crippen molar-refractivity contribution in [1.82, 2.24) is 0 Å². The molecule has 0 aliphatic rings. The highest BCUT2D eigenvalue weighted by Gasteiger charge is 2.43. The van der Waals surface area contributed by atoms with Crippen molar-refractivity contribution < 1.29 is 28.7 Å². The van der Waals surface area contributed by atoms with Crippen LogP contribution in [0.4, 0.5) is 5.69 Å². The van der Waals surface area contributed by atoms with E-state index in [0.717, 1.165) is 0 Å². The zero-order valence-electron chi connectivity index (χ0n) is 18.1. The summed E-state index contributed by atoms with van der Waals surface area (Å²) < 4.78 is 9.71. The Kier molecular flexibility index (Phi) is 7.00. The zero-order chi connectivity index (χ0) is 22.5. The molecular formula is C23H27NO6. The number of carbonyl (C=O) groups is 3. The van der Waals surface area contributed by atoms with E-state index in [4.69, 9.17) is 14.3 Å². The highest BCUT2D eigenvalue weighted by Crippen LogP contribution is 2.30. The van der Waals surface area contributed by atoms with Crippen LogP contribution >= 0.6 is 0 Å². The number of benzene rings is 2. The van der Waals surface area contributed by atoms with Gasteiger partial charge in [0.15, 0.2) is 16.9 Å². The molecule has 160 valence electrons. The number of methoxy groups -OCH3 is 2. The zero-order valence-corrected chi connectivity index (χ0v) is 18.1. The lowest BCUT2D eigenvalue weighted by molar-refractivity contribution is -0.173. The maximum absolute atomic E-state index is 12.7. The molecule has 0 unspecified atom stereocenters. The summed E-state index contributed by atoms with van der Waals surface area (Å²) in [5, 5.41) is 1.30. The number of hydrogen-bond acceptors (Lipinski definition) is 7. The first-order chi connectivity index (χ1) is 14.0. The van der Waals surface area contributed by atoms with Gasteiger partial charge >= 0.3 is 11.9 Å².